The van der Waals surface area contributed by atoms with E-state index in [1.165, 1.54) is 0 Å². The number of hydrogen-bond donors (Lipinski definition) is 2. The summed E-state index contributed by atoms with van der Waals surface area (Å²) in [5.41, 5.74) is 2.87. The molecule has 0 saturated heterocycles. The van der Waals surface area contributed by atoms with Gasteiger partial charge in [0.1, 0.15) is 5.65 Å². The molecule has 23 heavy (non-hydrogen) atoms. The van der Waals surface area contributed by atoms with Gasteiger partial charge in [-0.1, -0.05) is 18.2 Å². The van der Waals surface area contributed by atoms with E-state index in [1.807, 2.05) is 49.5 Å². The van der Waals surface area contributed by atoms with E-state index < -0.39 is 0 Å². The molecular weight excluding hydrogens is 288 g/mol. The number of rotatable bonds is 5. The number of carbonyl (C=O) groups excluding carboxylic acids is 1. The molecule has 0 spiro atoms. The third-order valence-electron chi connectivity index (χ3n) is 3.78. The summed E-state index contributed by atoms with van der Waals surface area (Å²) in [7, 11) is 0. The summed E-state index contributed by atoms with van der Waals surface area (Å²) < 4.78 is 2.11. The quantitative estimate of drug-likeness (QED) is 0.708. The Hall–Kier alpha value is -2.82. The summed E-state index contributed by atoms with van der Waals surface area (Å²) in [6.45, 7) is 3.41. The van der Waals surface area contributed by atoms with E-state index in [4.69, 9.17) is 0 Å². The van der Waals surface area contributed by atoms with Gasteiger partial charge in [0.2, 0.25) is 0 Å². The summed E-state index contributed by atoms with van der Waals surface area (Å²) in [6, 6.07) is 13.6. The third kappa shape index (κ3) is 3.69. The highest BCUT2D eigenvalue weighted by atomic mass is 16.2. The van der Waals surface area contributed by atoms with Crippen LogP contribution in [0.1, 0.15) is 12.0 Å². The molecule has 0 radical (unpaired) electrons. The lowest BCUT2D eigenvalue weighted by Gasteiger charge is -2.10. The molecule has 0 aliphatic rings. The number of nitrogens with one attached hydrogen (secondary N) is 2. The SMILES string of the molecule is Cc1ccccc1NC(=O)NCCCn1ccc2cccnc21. The van der Waals surface area contributed by atoms with Gasteiger partial charge in [-0.15, -0.1) is 0 Å². The van der Waals surface area contributed by atoms with Crippen molar-refractivity contribution in [2.75, 3.05) is 11.9 Å². The van der Waals surface area contributed by atoms with Crippen LogP contribution in [-0.2, 0) is 6.54 Å². The number of nitrogens with zero attached hydrogens (tertiary/aromatic N) is 2. The Balaban J connectivity index is 1.46. The van der Waals surface area contributed by atoms with Crippen molar-refractivity contribution < 1.29 is 4.79 Å². The molecule has 0 bridgehead atoms. The first-order chi connectivity index (χ1) is 11.2. The summed E-state index contributed by atoms with van der Waals surface area (Å²) in [4.78, 5) is 16.3. The van der Waals surface area contributed by atoms with Crippen LogP contribution in [0.15, 0.2) is 54.9 Å². The number of pyridine rings is 1. The van der Waals surface area contributed by atoms with Crippen molar-refractivity contribution in [3.63, 3.8) is 0 Å². The number of para-hydroxylation sites is 1. The van der Waals surface area contributed by atoms with Crippen LogP contribution < -0.4 is 10.6 Å². The Bertz CT molecular complexity index is 809. The summed E-state index contributed by atoms with van der Waals surface area (Å²) in [5, 5.41) is 6.89. The average Bonchev–Trinajstić information content (AvgIpc) is 2.97. The molecular formula is C18H20N4O. The Morgan fingerprint density at radius 3 is 2.91 bits per heavy atom. The van der Waals surface area contributed by atoms with E-state index in [2.05, 4.69) is 26.3 Å². The van der Waals surface area contributed by atoms with Crippen molar-refractivity contribution in [2.45, 2.75) is 19.9 Å². The second-order valence-electron chi connectivity index (χ2n) is 5.47. The Morgan fingerprint density at radius 2 is 2.04 bits per heavy atom. The number of aryl methyl sites for hydroxylation is 2. The number of urea groups is 1. The molecule has 3 rings (SSSR count). The lowest BCUT2D eigenvalue weighted by Crippen LogP contribution is -2.30. The zero-order valence-electron chi connectivity index (χ0n) is 13.1. The van der Waals surface area contributed by atoms with Crippen LogP contribution in [-0.4, -0.2) is 22.1 Å². The van der Waals surface area contributed by atoms with Gasteiger partial charge >= 0.3 is 6.03 Å². The first kappa shape index (κ1) is 15.1. The Morgan fingerprint density at radius 1 is 1.17 bits per heavy atom. The molecule has 0 aliphatic carbocycles. The molecule has 0 fully saturated rings. The predicted octanol–water partition coefficient (Wildman–Crippen LogP) is 3.56. The molecule has 2 aromatic heterocycles. The van der Waals surface area contributed by atoms with E-state index >= 15 is 0 Å². The fourth-order valence-electron chi connectivity index (χ4n) is 2.53. The van der Waals surface area contributed by atoms with Crippen LogP contribution in [0.25, 0.3) is 11.0 Å². The van der Waals surface area contributed by atoms with Gasteiger partial charge in [-0.25, -0.2) is 9.78 Å². The first-order valence-corrected chi connectivity index (χ1v) is 7.74. The fourth-order valence-corrected chi connectivity index (χ4v) is 2.53. The van der Waals surface area contributed by atoms with Gasteiger partial charge in [-0.3, -0.25) is 0 Å². The van der Waals surface area contributed by atoms with Crippen LogP contribution in [0.2, 0.25) is 0 Å². The molecule has 5 heteroatoms. The minimum absolute atomic E-state index is 0.171. The molecule has 3 aromatic rings. The van der Waals surface area contributed by atoms with Crippen LogP contribution >= 0.6 is 0 Å². The molecule has 2 amide bonds. The molecule has 0 unspecified atom stereocenters. The van der Waals surface area contributed by atoms with Crippen molar-refractivity contribution in [1.29, 1.82) is 0 Å². The van der Waals surface area contributed by atoms with Crippen molar-refractivity contribution in [3.05, 3.63) is 60.4 Å². The number of anilines is 1. The van der Waals surface area contributed by atoms with Gasteiger partial charge in [0.25, 0.3) is 0 Å². The van der Waals surface area contributed by atoms with E-state index in [0.29, 0.717) is 6.54 Å². The zero-order valence-corrected chi connectivity index (χ0v) is 13.1. The van der Waals surface area contributed by atoms with Gasteiger partial charge in [0.15, 0.2) is 0 Å². The molecule has 2 heterocycles. The molecule has 2 N–H and O–H groups in total. The number of carbonyl (C=O) groups is 1. The minimum Gasteiger partial charge on any atom is -0.338 e. The largest absolute Gasteiger partial charge is 0.338 e. The van der Waals surface area contributed by atoms with Crippen molar-refractivity contribution in [1.82, 2.24) is 14.9 Å². The maximum atomic E-state index is 11.9. The van der Waals surface area contributed by atoms with Gasteiger partial charge in [-0.05, 0) is 43.2 Å². The summed E-state index contributed by atoms with van der Waals surface area (Å²) >= 11 is 0. The number of benzene rings is 1. The summed E-state index contributed by atoms with van der Waals surface area (Å²) in [5.74, 6) is 0. The monoisotopic (exact) mass is 308 g/mol. The minimum atomic E-state index is -0.171. The Labute approximate surface area is 135 Å². The van der Waals surface area contributed by atoms with E-state index in [0.717, 1.165) is 35.2 Å². The highest BCUT2D eigenvalue weighted by Gasteiger charge is 2.04. The lowest BCUT2D eigenvalue weighted by atomic mass is 10.2. The van der Waals surface area contributed by atoms with Gasteiger partial charge in [0, 0.05) is 36.6 Å². The second kappa shape index (κ2) is 6.96. The maximum absolute atomic E-state index is 11.9. The predicted molar refractivity (Wildman–Crippen MR) is 92.6 cm³/mol. The highest BCUT2D eigenvalue weighted by molar-refractivity contribution is 5.89. The lowest BCUT2D eigenvalue weighted by molar-refractivity contribution is 0.252. The molecule has 0 aliphatic heterocycles. The van der Waals surface area contributed by atoms with Crippen LogP contribution in [0.3, 0.4) is 0 Å². The second-order valence-corrected chi connectivity index (χ2v) is 5.47. The van der Waals surface area contributed by atoms with Crippen LogP contribution in [0.5, 0.6) is 0 Å². The number of hydrogen-bond acceptors (Lipinski definition) is 2. The van der Waals surface area contributed by atoms with Crippen molar-refractivity contribution in [2.24, 2.45) is 0 Å². The number of aromatic nitrogens is 2. The normalized spacial score (nSPS) is 10.7. The van der Waals surface area contributed by atoms with E-state index in [1.54, 1.807) is 6.20 Å². The highest BCUT2D eigenvalue weighted by Crippen LogP contribution is 2.13. The van der Waals surface area contributed by atoms with Gasteiger partial charge in [0.05, 0.1) is 0 Å². The molecule has 0 saturated carbocycles. The third-order valence-corrected chi connectivity index (χ3v) is 3.78. The first-order valence-electron chi connectivity index (χ1n) is 7.74. The van der Waals surface area contributed by atoms with E-state index in [-0.39, 0.29) is 6.03 Å². The topological polar surface area (TPSA) is 59.0 Å². The maximum Gasteiger partial charge on any atom is 0.319 e. The van der Waals surface area contributed by atoms with Crippen molar-refractivity contribution in [3.8, 4) is 0 Å². The van der Waals surface area contributed by atoms with E-state index in [9.17, 15) is 4.79 Å². The summed E-state index contributed by atoms with van der Waals surface area (Å²) in [6.07, 6.45) is 4.68. The molecule has 1 aromatic carbocycles. The van der Waals surface area contributed by atoms with Crippen molar-refractivity contribution >= 4 is 22.8 Å². The zero-order chi connectivity index (χ0) is 16.1. The number of fused-ring (bicyclic) bond motifs is 1. The molecule has 5 nitrogen and oxygen atoms in total. The molecule has 118 valence electrons. The Kier molecular flexibility index (Phi) is 4.57. The smallest absolute Gasteiger partial charge is 0.319 e. The average molecular weight is 308 g/mol. The molecule has 0 atom stereocenters. The van der Waals surface area contributed by atoms with Crippen LogP contribution in [0, 0.1) is 6.92 Å². The van der Waals surface area contributed by atoms with Gasteiger partial charge in [-0.2, -0.15) is 0 Å². The van der Waals surface area contributed by atoms with Crippen LogP contribution in [0.4, 0.5) is 10.5 Å². The number of amides is 2. The standard InChI is InChI=1S/C18H20N4O/c1-14-6-2-3-8-16(14)21-18(23)20-11-5-12-22-13-9-15-7-4-10-19-17(15)22/h2-4,6-10,13H,5,11-12H2,1H3,(H2,20,21,23). The van der Waals surface area contributed by atoms with Gasteiger partial charge < -0.3 is 15.2 Å². The fraction of sp³-hybridized carbons (Fsp3) is 0.222.